The van der Waals surface area contributed by atoms with E-state index >= 15 is 0 Å². The lowest BCUT2D eigenvalue weighted by atomic mass is 10.3. The Morgan fingerprint density at radius 3 is 0.951 bits per heavy atom. The van der Waals surface area contributed by atoms with Crippen molar-refractivity contribution in [3.63, 3.8) is 0 Å². The summed E-state index contributed by atoms with van der Waals surface area (Å²) in [6.45, 7) is 6.75. The highest BCUT2D eigenvalue weighted by Gasteiger charge is 2.07. The van der Waals surface area contributed by atoms with E-state index in [9.17, 15) is 0 Å². The van der Waals surface area contributed by atoms with Crippen LogP contribution in [0.2, 0.25) is 19.6 Å². The van der Waals surface area contributed by atoms with Gasteiger partial charge in [0.1, 0.15) is 8.07 Å². The lowest BCUT2D eigenvalue weighted by molar-refractivity contribution is 0.427. The van der Waals surface area contributed by atoms with Gasteiger partial charge in [-0.1, -0.05) is 36.9 Å². The molecule has 198 valence electrons. The number of rotatable bonds is 1. The van der Waals surface area contributed by atoms with Crippen molar-refractivity contribution in [1.29, 1.82) is 0 Å². The van der Waals surface area contributed by atoms with Crippen LogP contribution >= 0.6 is 56.7 Å². The van der Waals surface area contributed by atoms with Crippen LogP contribution < -0.4 is 4.74 Å². The zero-order chi connectivity index (χ0) is 28.7. The Hall–Kier alpha value is -3.68. The third-order valence-corrected chi connectivity index (χ3v) is 10.5. The maximum Gasteiger partial charge on any atom is 0.174 e. The summed E-state index contributed by atoms with van der Waals surface area (Å²) in [6.07, 6.45) is 0. The fourth-order valence-corrected chi connectivity index (χ4v) is 7.26. The van der Waals surface area contributed by atoms with E-state index in [0.29, 0.717) is 0 Å². The molecule has 0 saturated carbocycles. The summed E-state index contributed by atoms with van der Waals surface area (Å²) < 4.78 is 5.22. The summed E-state index contributed by atoms with van der Waals surface area (Å²) in [6, 6.07) is 20.1. The highest BCUT2D eigenvalue weighted by molar-refractivity contribution is 7.15. The summed E-state index contributed by atoms with van der Waals surface area (Å²) >= 11 is 7.99. The summed E-state index contributed by atoms with van der Waals surface area (Å²) in [5, 5.41) is 0.865. The van der Waals surface area contributed by atoms with Crippen molar-refractivity contribution >= 4 is 64.8 Å². The molecule has 5 aromatic rings. The monoisotopic (exact) mass is 634 g/mol. The molecule has 0 aliphatic carbocycles. The average molecular weight is 635 g/mol. The zero-order valence-corrected chi connectivity index (χ0v) is 27.8. The Balaban J connectivity index is 1.19. The second kappa shape index (κ2) is 13.3. The molecule has 0 amide bonds. The van der Waals surface area contributed by atoms with E-state index in [-0.39, 0.29) is 0 Å². The van der Waals surface area contributed by atoms with E-state index < -0.39 is 8.07 Å². The Bertz CT molecular complexity index is 2010. The first-order chi connectivity index (χ1) is 19.8. The Kier molecular flexibility index (Phi) is 9.37. The molecular weight excluding hydrogens is 613 g/mol. The predicted octanol–water partition coefficient (Wildman–Crippen LogP) is 8.83. The minimum atomic E-state index is -1.37. The fourth-order valence-electron chi connectivity index (χ4n) is 3.13. The van der Waals surface area contributed by atoms with Crippen LogP contribution in [0.1, 0.15) is 43.9 Å². The van der Waals surface area contributed by atoms with Gasteiger partial charge in [0.05, 0.1) is 51.0 Å². The zero-order valence-electron chi connectivity index (χ0n) is 22.7. The lowest BCUT2D eigenvalue weighted by Gasteiger charge is -2.02. The van der Waals surface area contributed by atoms with Crippen LogP contribution in [-0.4, -0.2) is 15.2 Å². The third kappa shape index (κ3) is 8.90. The molecule has 41 heavy (non-hydrogen) atoms. The largest absolute Gasteiger partial charge is 0.487 e. The summed E-state index contributed by atoms with van der Waals surface area (Å²) in [5.41, 5.74) is 3.41. The van der Waals surface area contributed by atoms with Crippen molar-refractivity contribution in [3.8, 4) is 63.9 Å². The minimum Gasteiger partial charge on any atom is -0.487 e. The molecule has 0 N–H and O–H groups in total. The van der Waals surface area contributed by atoms with Gasteiger partial charge in [0.15, 0.2) is 5.06 Å². The van der Waals surface area contributed by atoms with Crippen LogP contribution in [0.3, 0.4) is 0 Å². The van der Waals surface area contributed by atoms with Crippen molar-refractivity contribution < 1.29 is 4.74 Å². The third-order valence-electron chi connectivity index (χ3n) is 5.00. The van der Waals surface area contributed by atoms with Crippen molar-refractivity contribution in [2.75, 3.05) is 7.11 Å². The highest BCUT2D eigenvalue weighted by Crippen LogP contribution is 2.23. The van der Waals surface area contributed by atoms with Gasteiger partial charge >= 0.3 is 0 Å². The Morgan fingerprint density at radius 1 is 0.415 bits per heavy atom. The number of methoxy groups -OCH3 is 1. The lowest BCUT2D eigenvalue weighted by Crippen LogP contribution is -2.16. The van der Waals surface area contributed by atoms with Gasteiger partial charge in [-0.15, -0.1) is 50.9 Å². The van der Waals surface area contributed by atoms with Gasteiger partial charge in [-0.2, -0.15) is 0 Å². The number of ether oxygens (including phenoxy) is 1. The molecule has 5 aromatic heterocycles. The SMILES string of the molecule is COc1ccc(C#Cc2ccc(C#Cc3ccc(C#Cc4ccc(C#Cc5ccc(C#C[Si](C)(C)C)s5)s4)s3)s2)s1. The second-order valence-corrected chi connectivity index (χ2v) is 19.6. The van der Waals surface area contributed by atoms with Crippen molar-refractivity contribution in [1.82, 2.24) is 0 Å². The molecule has 0 bridgehead atoms. The van der Waals surface area contributed by atoms with Gasteiger partial charge in [-0.3, -0.25) is 0 Å². The maximum absolute atomic E-state index is 5.22. The molecule has 0 radical (unpaired) electrons. The van der Waals surface area contributed by atoms with E-state index in [4.69, 9.17) is 4.74 Å². The van der Waals surface area contributed by atoms with Crippen molar-refractivity contribution in [3.05, 3.63) is 105 Å². The number of thiophene rings is 5. The molecule has 0 aliphatic heterocycles. The van der Waals surface area contributed by atoms with Gasteiger partial charge < -0.3 is 4.74 Å². The Morgan fingerprint density at radius 2 is 0.683 bits per heavy atom. The summed E-state index contributed by atoms with van der Waals surface area (Å²) in [4.78, 5) is 9.06. The van der Waals surface area contributed by atoms with Gasteiger partial charge in [-0.25, -0.2) is 0 Å². The van der Waals surface area contributed by atoms with Crippen LogP contribution in [0.4, 0.5) is 0 Å². The van der Waals surface area contributed by atoms with Crippen LogP contribution in [0.15, 0.2) is 60.7 Å². The molecule has 1 nitrogen and oxygen atoms in total. The van der Waals surface area contributed by atoms with E-state index in [1.807, 2.05) is 54.6 Å². The number of hydrogen-bond donors (Lipinski definition) is 0. The van der Waals surface area contributed by atoms with Gasteiger partial charge in [0, 0.05) is 0 Å². The first kappa shape index (κ1) is 28.8. The van der Waals surface area contributed by atoms with Gasteiger partial charge in [0.25, 0.3) is 0 Å². The molecule has 0 aromatic carbocycles. The molecule has 0 unspecified atom stereocenters. The molecule has 0 spiro atoms. The average Bonchev–Trinajstić information content (AvgIpc) is 3.78. The van der Waals surface area contributed by atoms with Crippen molar-refractivity contribution in [2.45, 2.75) is 19.6 Å². The van der Waals surface area contributed by atoms with Crippen molar-refractivity contribution in [2.24, 2.45) is 0 Å². The fraction of sp³-hybridized carbons (Fsp3) is 0.118. The van der Waals surface area contributed by atoms with Crippen LogP contribution in [0, 0.1) is 58.8 Å². The predicted molar refractivity (Wildman–Crippen MR) is 182 cm³/mol. The molecule has 0 fully saturated rings. The maximum atomic E-state index is 5.22. The molecule has 0 saturated heterocycles. The normalized spacial score (nSPS) is 9.95. The van der Waals surface area contributed by atoms with E-state index in [0.717, 1.165) is 49.0 Å². The topological polar surface area (TPSA) is 9.23 Å². The van der Waals surface area contributed by atoms with Crippen LogP contribution in [0.5, 0.6) is 5.06 Å². The van der Waals surface area contributed by atoms with Gasteiger partial charge in [-0.05, 0) is 108 Å². The highest BCUT2D eigenvalue weighted by atomic mass is 32.1. The quantitative estimate of drug-likeness (QED) is 0.132. The number of hydrogen-bond acceptors (Lipinski definition) is 6. The first-order valence-corrected chi connectivity index (χ1v) is 20.0. The standard InChI is InChI=1S/C34H22OS5Si/c1-35-34-22-21-32(40-34)19-17-30-14-13-28(38-30)11-9-26-6-5-25(36-26)7-8-27-10-12-29(37-27)15-16-31-18-20-33(39-31)23-24-41(2,3)4/h5-6,10,12-14,18,20-22H,1-4H3. The van der Waals surface area contributed by atoms with E-state index in [1.165, 1.54) is 11.3 Å². The molecule has 5 heterocycles. The second-order valence-electron chi connectivity index (χ2n) is 9.48. The Labute approximate surface area is 262 Å². The van der Waals surface area contributed by atoms with Crippen LogP contribution in [-0.2, 0) is 0 Å². The van der Waals surface area contributed by atoms with Crippen LogP contribution in [0.25, 0.3) is 0 Å². The van der Waals surface area contributed by atoms with Gasteiger partial charge in [0.2, 0.25) is 0 Å². The first-order valence-electron chi connectivity index (χ1n) is 12.5. The smallest absolute Gasteiger partial charge is 0.174 e. The molecule has 5 rings (SSSR count). The minimum absolute atomic E-state index is 0.865. The van der Waals surface area contributed by atoms with E-state index in [2.05, 4.69) is 84.5 Å². The summed E-state index contributed by atoms with van der Waals surface area (Å²) in [5.74, 6) is 29.3. The van der Waals surface area contributed by atoms with E-state index in [1.54, 1.807) is 52.5 Å². The molecule has 0 atom stereocenters. The molecule has 0 aliphatic rings. The molecule has 7 heteroatoms. The molecular formula is C34H22OS5Si. The summed E-state index contributed by atoms with van der Waals surface area (Å²) in [7, 11) is 0.293.